The lowest BCUT2D eigenvalue weighted by molar-refractivity contribution is 0.206. The quantitative estimate of drug-likeness (QED) is 0.585. The van der Waals surface area contributed by atoms with Crippen molar-refractivity contribution in [3.63, 3.8) is 0 Å². The third kappa shape index (κ3) is 5.08. The lowest BCUT2D eigenvalue weighted by Crippen LogP contribution is -2.47. The van der Waals surface area contributed by atoms with E-state index in [0.29, 0.717) is 13.1 Å². The fraction of sp³-hybridized carbons (Fsp3) is 0.393. The van der Waals surface area contributed by atoms with Crippen LogP contribution in [0, 0.1) is 6.92 Å². The Kier molecular flexibility index (Phi) is 6.93. The number of benzene rings is 2. The number of nitrogens with one attached hydrogen (secondary N) is 1. The molecule has 8 heteroatoms. The number of fused-ring (bicyclic) bond motifs is 1. The maximum Gasteiger partial charge on any atom is 0.322 e. The predicted molar refractivity (Wildman–Crippen MR) is 146 cm³/mol. The molecule has 5 rings (SSSR count). The molecular weight excluding hydrogens is 450 g/mol. The molecule has 0 unspecified atom stereocenters. The Balaban J connectivity index is 1.32. The van der Waals surface area contributed by atoms with Crippen molar-refractivity contribution >= 4 is 29.2 Å². The average Bonchev–Trinajstić information content (AvgIpc) is 2.93. The SMILES string of the molecule is CCN(C)c1nc(N2CCN(c3ccccc3)CC2)nc2c1CN(C(=O)Nc1ccc(C)cc1)CC2. The van der Waals surface area contributed by atoms with Crippen LogP contribution in [-0.2, 0) is 13.0 Å². The van der Waals surface area contributed by atoms with E-state index in [4.69, 9.17) is 9.97 Å². The molecule has 1 aromatic heterocycles. The minimum atomic E-state index is -0.0873. The van der Waals surface area contributed by atoms with Gasteiger partial charge in [-0.05, 0) is 38.1 Å². The highest BCUT2D eigenvalue weighted by Crippen LogP contribution is 2.29. The van der Waals surface area contributed by atoms with Gasteiger partial charge in [-0.25, -0.2) is 9.78 Å². The Hall–Kier alpha value is -3.81. The molecule has 0 aliphatic carbocycles. The molecule has 3 heterocycles. The zero-order chi connectivity index (χ0) is 25.1. The highest BCUT2D eigenvalue weighted by atomic mass is 16.2. The van der Waals surface area contributed by atoms with E-state index < -0.39 is 0 Å². The highest BCUT2D eigenvalue weighted by Gasteiger charge is 2.29. The molecule has 2 aliphatic heterocycles. The molecule has 1 fully saturated rings. The number of hydrogen-bond donors (Lipinski definition) is 1. The summed E-state index contributed by atoms with van der Waals surface area (Å²) in [5.41, 5.74) is 5.35. The largest absolute Gasteiger partial charge is 0.368 e. The van der Waals surface area contributed by atoms with E-state index in [1.165, 1.54) is 11.3 Å². The summed E-state index contributed by atoms with van der Waals surface area (Å²) in [6.45, 7) is 9.79. The zero-order valence-corrected chi connectivity index (χ0v) is 21.4. The van der Waals surface area contributed by atoms with Crippen LogP contribution in [0.5, 0.6) is 0 Å². The summed E-state index contributed by atoms with van der Waals surface area (Å²) in [4.78, 5) is 31.8. The van der Waals surface area contributed by atoms with Crippen molar-refractivity contribution < 1.29 is 4.79 Å². The van der Waals surface area contributed by atoms with Gasteiger partial charge in [-0.1, -0.05) is 35.9 Å². The second-order valence-corrected chi connectivity index (χ2v) is 9.56. The van der Waals surface area contributed by atoms with Crippen LogP contribution in [0.1, 0.15) is 23.7 Å². The van der Waals surface area contributed by atoms with Gasteiger partial charge in [-0.15, -0.1) is 0 Å². The number of hydrogen-bond acceptors (Lipinski definition) is 6. The summed E-state index contributed by atoms with van der Waals surface area (Å²) in [5, 5.41) is 3.03. The van der Waals surface area contributed by atoms with Gasteiger partial charge < -0.3 is 24.9 Å². The van der Waals surface area contributed by atoms with Gasteiger partial charge in [-0.2, -0.15) is 4.98 Å². The summed E-state index contributed by atoms with van der Waals surface area (Å²) < 4.78 is 0. The number of rotatable bonds is 5. The number of carbonyl (C=O) groups is 1. The minimum absolute atomic E-state index is 0.0873. The van der Waals surface area contributed by atoms with E-state index in [2.05, 4.69) is 64.3 Å². The first-order chi connectivity index (χ1) is 17.5. The fourth-order valence-electron chi connectivity index (χ4n) is 4.81. The van der Waals surface area contributed by atoms with Gasteiger partial charge in [0.2, 0.25) is 5.95 Å². The van der Waals surface area contributed by atoms with Crippen LogP contribution in [0.2, 0.25) is 0 Å². The Labute approximate surface area is 213 Å². The lowest BCUT2D eigenvalue weighted by Gasteiger charge is -2.37. The van der Waals surface area contributed by atoms with Crippen LogP contribution in [-0.4, -0.2) is 67.2 Å². The molecule has 0 radical (unpaired) electrons. The molecule has 2 aromatic carbocycles. The Bertz CT molecular complexity index is 1190. The number of aromatic nitrogens is 2. The van der Waals surface area contributed by atoms with Crippen molar-refractivity contribution in [1.29, 1.82) is 0 Å². The number of nitrogens with zero attached hydrogens (tertiary/aromatic N) is 6. The molecule has 0 spiro atoms. The van der Waals surface area contributed by atoms with E-state index >= 15 is 0 Å². The topological polar surface area (TPSA) is 67.8 Å². The van der Waals surface area contributed by atoms with Gasteiger partial charge in [-0.3, -0.25) is 0 Å². The minimum Gasteiger partial charge on any atom is -0.368 e. The van der Waals surface area contributed by atoms with Crippen LogP contribution >= 0.6 is 0 Å². The van der Waals surface area contributed by atoms with Crippen molar-refractivity contribution in [2.45, 2.75) is 26.8 Å². The molecule has 2 amide bonds. The molecule has 36 heavy (non-hydrogen) atoms. The molecule has 8 nitrogen and oxygen atoms in total. The molecule has 0 saturated carbocycles. The average molecular weight is 486 g/mol. The summed E-state index contributed by atoms with van der Waals surface area (Å²) in [6, 6.07) is 18.4. The number of para-hydroxylation sites is 1. The second-order valence-electron chi connectivity index (χ2n) is 9.56. The Morgan fingerprint density at radius 2 is 1.64 bits per heavy atom. The van der Waals surface area contributed by atoms with E-state index in [0.717, 1.165) is 67.9 Å². The van der Waals surface area contributed by atoms with Crippen LogP contribution in [0.25, 0.3) is 0 Å². The van der Waals surface area contributed by atoms with E-state index in [1.807, 2.05) is 36.1 Å². The number of urea groups is 1. The van der Waals surface area contributed by atoms with Crippen LogP contribution in [0.3, 0.4) is 0 Å². The number of amides is 2. The maximum atomic E-state index is 13.0. The fourth-order valence-corrected chi connectivity index (χ4v) is 4.81. The zero-order valence-electron chi connectivity index (χ0n) is 21.4. The summed E-state index contributed by atoms with van der Waals surface area (Å²) >= 11 is 0. The molecule has 188 valence electrons. The van der Waals surface area contributed by atoms with Crippen LogP contribution in [0.4, 0.5) is 27.9 Å². The van der Waals surface area contributed by atoms with Crippen LogP contribution in [0.15, 0.2) is 54.6 Å². The van der Waals surface area contributed by atoms with E-state index in [1.54, 1.807) is 0 Å². The van der Waals surface area contributed by atoms with E-state index in [-0.39, 0.29) is 6.03 Å². The van der Waals surface area contributed by atoms with Crippen molar-refractivity contribution in [3.8, 4) is 0 Å². The number of piperazine rings is 1. The third-order valence-corrected chi connectivity index (χ3v) is 7.14. The Morgan fingerprint density at radius 1 is 0.944 bits per heavy atom. The predicted octanol–water partition coefficient (Wildman–Crippen LogP) is 4.16. The van der Waals surface area contributed by atoms with Crippen molar-refractivity contribution in [2.24, 2.45) is 0 Å². The first-order valence-electron chi connectivity index (χ1n) is 12.8. The Morgan fingerprint density at radius 3 is 2.33 bits per heavy atom. The second kappa shape index (κ2) is 10.4. The number of aryl methyl sites for hydroxylation is 1. The monoisotopic (exact) mass is 485 g/mol. The third-order valence-electron chi connectivity index (χ3n) is 7.14. The molecular formula is C28H35N7O. The molecule has 1 saturated heterocycles. The first-order valence-corrected chi connectivity index (χ1v) is 12.8. The normalized spacial score (nSPS) is 15.5. The van der Waals surface area contributed by atoms with Crippen molar-refractivity contribution in [1.82, 2.24) is 14.9 Å². The maximum absolute atomic E-state index is 13.0. The molecule has 3 aromatic rings. The number of anilines is 4. The van der Waals surface area contributed by atoms with Gasteiger partial charge in [0, 0.05) is 69.7 Å². The van der Waals surface area contributed by atoms with Gasteiger partial charge in [0.1, 0.15) is 5.82 Å². The smallest absolute Gasteiger partial charge is 0.322 e. The van der Waals surface area contributed by atoms with Crippen LogP contribution < -0.4 is 20.0 Å². The van der Waals surface area contributed by atoms with Gasteiger partial charge in [0.25, 0.3) is 0 Å². The summed E-state index contributed by atoms with van der Waals surface area (Å²) in [7, 11) is 2.06. The summed E-state index contributed by atoms with van der Waals surface area (Å²) in [6.07, 6.45) is 0.723. The molecule has 0 bridgehead atoms. The van der Waals surface area contributed by atoms with E-state index in [9.17, 15) is 4.79 Å². The van der Waals surface area contributed by atoms with Gasteiger partial charge in [0.05, 0.1) is 12.2 Å². The van der Waals surface area contributed by atoms with Gasteiger partial charge >= 0.3 is 6.03 Å². The number of carbonyl (C=O) groups excluding carboxylic acids is 1. The highest BCUT2D eigenvalue weighted by molar-refractivity contribution is 5.89. The molecule has 2 aliphatic rings. The van der Waals surface area contributed by atoms with Crippen molar-refractivity contribution in [3.05, 3.63) is 71.4 Å². The standard InChI is InChI=1S/C28H35N7O/c1-4-32(3)26-24-20-35(28(36)29-22-12-10-21(2)11-13-22)15-14-25(24)30-27(31-26)34-18-16-33(17-19-34)23-8-6-5-7-9-23/h5-13H,4,14-20H2,1-3H3,(H,29,36). The van der Waals surface area contributed by atoms with Crippen molar-refractivity contribution in [2.75, 3.05) is 66.3 Å². The molecule has 0 atom stereocenters. The molecule has 1 N–H and O–H groups in total. The first kappa shape index (κ1) is 23.9. The lowest BCUT2D eigenvalue weighted by atomic mass is 10.1. The summed E-state index contributed by atoms with van der Waals surface area (Å²) in [5.74, 6) is 1.73. The van der Waals surface area contributed by atoms with Gasteiger partial charge in [0.15, 0.2) is 0 Å².